The number of methoxy groups -OCH3 is 2. The zero-order valence-electron chi connectivity index (χ0n) is 48.7. The summed E-state index contributed by atoms with van der Waals surface area (Å²) in [6.07, 6.45) is -2.13. The van der Waals surface area contributed by atoms with Crippen LogP contribution in [0.5, 0.6) is 11.5 Å². The largest absolute Gasteiger partial charge is 0.496 e. The van der Waals surface area contributed by atoms with Gasteiger partial charge in [-0.2, -0.15) is 0 Å². The summed E-state index contributed by atoms with van der Waals surface area (Å²) >= 11 is 7.11. The van der Waals surface area contributed by atoms with Gasteiger partial charge in [0.2, 0.25) is 11.8 Å². The third-order valence-corrected chi connectivity index (χ3v) is 16.4. The topological polar surface area (TPSA) is 228 Å². The van der Waals surface area contributed by atoms with Crippen LogP contribution in [0.1, 0.15) is 66.5 Å². The minimum absolute atomic E-state index is 0.0575. The lowest BCUT2D eigenvalue weighted by molar-refractivity contribution is -0.130. The molecule has 7 aromatic rings. The summed E-state index contributed by atoms with van der Waals surface area (Å²) in [5.74, 6) is -2.88. The summed E-state index contributed by atoms with van der Waals surface area (Å²) in [6, 6.07) is 33.1. The van der Waals surface area contributed by atoms with Gasteiger partial charge in [0.05, 0.1) is 63.1 Å². The number of likely N-dealkylation sites (N-methyl/N-ethyl adjacent to an activating group) is 2. The Morgan fingerprint density at radius 2 is 0.965 bits per heavy atom. The molecule has 8 amide bonds. The summed E-state index contributed by atoms with van der Waals surface area (Å²) in [5, 5.41) is 18.7. The number of para-hydroxylation sites is 4. The number of benzene rings is 7. The number of nitrogens with zero attached hydrogens (tertiary/aromatic N) is 6. The Labute approximate surface area is 513 Å². The fourth-order valence-electron chi connectivity index (χ4n) is 10.5. The molecule has 4 atom stereocenters. The first kappa shape index (κ1) is 61.5. The van der Waals surface area contributed by atoms with Crippen LogP contribution in [0.4, 0.5) is 32.3 Å². The van der Waals surface area contributed by atoms with Gasteiger partial charge in [-0.05, 0) is 141 Å². The lowest BCUT2D eigenvalue weighted by Crippen LogP contribution is -2.57. The number of fused-ring (bicyclic) bond motifs is 4. The van der Waals surface area contributed by atoms with Crippen LogP contribution in [0, 0.1) is 0 Å². The van der Waals surface area contributed by atoms with E-state index in [9.17, 15) is 24.3 Å². The van der Waals surface area contributed by atoms with Gasteiger partial charge in [0.25, 0.3) is 23.6 Å². The van der Waals surface area contributed by atoms with Gasteiger partial charge in [-0.25, -0.2) is 9.59 Å². The molecule has 2 aliphatic heterocycles. The number of carbonyl (C=O) groups excluding carboxylic acids is 7. The monoisotopic (exact) mass is 1290 g/mol. The number of carboxylic acid groups (broad SMARTS) is 1. The molecule has 0 spiro atoms. The van der Waals surface area contributed by atoms with E-state index in [1.165, 1.54) is 86.0 Å². The molecular formula is C64H64Br2N8O12. The van der Waals surface area contributed by atoms with Crippen molar-refractivity contribution in [3.05, 3.63) is 165 Å². The fraction of sp³-hybridized carbons (Fsp3) is 0.281. The summed E-state index contributed by atoms with van der Waals surface area (Å²) in [5.41, 5.74) is 1.90. The molecule has 22 heteroatoms. The lowest BCUT2D eigenvalue weighted by atomic mass is 10.0. The van der Waals surface area contributed by atoms with E-state index in [1.54, 1.807) is 81.4 Å². The van der Waals surface area contributed by atoms with Crippen LogP contribution in [0.15, 0.2) is 142 Å². The van der Waals surface area contributed by atoms with Crippen molar-refractivity contribution < 1.29 is 57.7 Å². The second-order valence-corrected chi connectivity index (χ2v) is 23.7. The Hall–Kier alpha value is -9.02. The van der Waals surface area contributed by atoms with Crippen molar-refractivity contribution in [1.82, 2.24) is 20.4 Å². The molecule has 2 heterocycles. The van der Waals surface area contributed by atoms with Crippen molar-refractivity contribution in [1.29, 1.82) is 0 Å². The molecule has 0 aromatic heterocycles. The Bertz CT molecular complexity index is 3860. The van der Waals surface area contributed by atoms with E-state index in [1.807, 2.05) is 48.5 Å². The van der Waals surface area contributed by atoms with Crippen molar-refractivity contribution in [2.45, 2.75) is 77.5 Å². The van der Waals surface area contributed by atoms with Crippen molar-refractivity contribution >= 4 is 124 Å². The number of hydrogen-bond acceptors (Lipinski definition) is 11. The maximum atomic E-state index is 15.3. The van der Waals surface area contributed by atoms with Crippen LogP contribution < -0.4 is 39.7 Å². The standard InChI is InChI=1S/C64H64Br2N8O12/c1-36(69(6)62(81)82)56(75)67-48-34-73(52-16-12-10-14-50(52)71(60(48)79)32-46-44-26-24-42(65)30-40(44)22-28-54(46)84-8)58(77)38-18-20-39(21-19-38)59(78)74-35-49(68-57(76)37(2)70(7)63(83)86-64(3,4)5)61(80)72(51-15-11-13-17-53(51)74)33-47-45-27-25-43(66)31-41(45)23-29-55(47)85-9/h10-31,36-37,48-49H,32-35H2,1-9H3,(H,67,75)(H,68,76)(H,81,82)/t36-,37-,48-,49-/m0/s1. The predicted octanol–water partition coefficient (Wildman–Crippen LogP) is 10.1. The average molecular weight is 1300 g/mol. The van der Waals surface area contributed by atoms with Gasteiger partial charge in [-0.1, -0.05) is 80.4 Å². The van der Waals surface area contributed by atoms with Gasteiger partial charge in [0, 0.05) is 45.3 Å². The normalized spacial score (nSPS) is 15.8. The SMILES string of the molecule is COc1ccc2cc(Br)ccc2c1CN1C(=O)[C@@H](NC(=O)[C@H](C)N(C)C(=O)O)CN(C(=O)c2ccc(C(=O)N3C[C@H](NC(=O)[C@H](C)N(C)C(=O)OC(C)(C)C)C(=O)N(Cc4c(OC)ccc5cc(Br)ccc45)c4ccccc43)cc2)c2ccccc21. The first-order valence-corrected chi connectivity index (χ1v) is 29.0. The van der Waals surface area contributed by atoms with Crippen molar-refractivity contribution in [3.63, 3.8) is 0 Å². The van der Waals surface area contributed by atoms with E-state index >= 15 is 19.2 Å². The smallest absolute Gasteiger partial charge is 0.410 e. The quantitative estimate of drug-likeness (QED) is 0.0924. The van der Waals surface area contributed by atoms with Crippen LogP contribution in [-0.4, -0.2) is 134 Å². The molecule has 0 saturated heterocycles. The van der Waals surface area contributed by atoms with Gasteiger partial charge >= 0.3 is 12.2 Å². The lowest BCUT2D eigenvalue weighted by Gasteiger charge is -2.30. The Morgan fingerprint density at radius 3 is 1.34 bits per heavy atom. The number of halogens is 2. The number of nitrogens with one attached hydrogen (secondary N) is 2. The third kappa shape index (κ3) is 12.7. The van der Waals surface area contributed by atoms with Gasteiger partial charge in [0.1, 0.15) is 41.3 Å². The van der Waals surface area contributed by atoms with Crippen LogP contribution in [0.3, 0.4) is 0 Å². The molecule has 0 unspecified atom stereocenters. The van der Waals surface area contributed by atoms with Crippen LogP contribution in [0.2, 0.25) is 0 Å². The first-order chi connectivity index (χ1) is 40.9. The highest BCUT2D eigenvalue weighted by Crippen LogP contribution is 2.41. The van der Waals surface area contributed by atoms with E-state index < -0.39 is 83.9 Å². The predicted molar refractivity (Wildman–Crippen MR) is 334 cm³/mol. The van der Waals surface area contributed by atoms with Crippen LogP contribution >= 0.6 is 31.9 Å². The number of hydrogen-bond donors (Lipinski definition) is 3. The molecule has 0 bridgehead atoms. The summed E-state index contributed by atoms with van der Waals surface area (Å²) < 4.78 is 18.9. The maximum Gasteiger partial charge on any atom is 0.410 e. The molecule has 446 valence electrons. The fourth-order valence-corrected chi connectivity index (χ4v) is 11.2. The van der Waals surface area contributed by atoms with E-state index in [2.05, 4.69) is 42.5 Å². The van der Waals surface area contributed by atoms with Crippen LogP contribution in [0.25, 0.3) is 21.5 Å². The molecule has 7 aromatic carbocycles. The second kappa shape index (κ2) is 25.3. The molecular weight excluding hydrogens is 1230 g/mol. The molecule has 2 aliphatic rings. The number of anilines is 4. The van der Waals surface area contributed by atoms with E-state index in [4.69, 9.17) is 14.2 Å². The molecule has 0 radical (unpaired) electrons. The summed E-state index contributed by atoms with van der Waals surface area (Å²) in [6.45, 7) is 7.09. The second-order valence-electron chi connectivity index (χ2n) is 21.9. The van der Waals surface area contributed by atoms with E-state index in [0.717, 1.165) is 40.3 Å². The highest BCUT2D eigenvalue weighted by molar-refractivity contribution is 9.10. The van der Waals surface area contributed by atoms with Crippen molar-refractivity contribution in [2.75, 3.05) is 61.0 Å². The Balaban J connectivity index is 1.08. The number of ether oxygens (including phenoxy) is 3. The number of carbonyl (C=O) groups is 8. The van der Waals surface area contributed by atoms with Crippen LogP contribution in [-0.2, 0) is 37.0 Å². The summed E-state index contributed by atoms with van der Waals surface area (Å²) in [7, 11) is 5.69. The van der Waals surface area contributed by atoms with Gasteiger partial charge in [-0.15, -0.1) is 0 Å². The molecule has 0 fully saturated rings. The Kier molecular flexibility index (Phi) is 18.1. The third-order valence-electron chi connectivity index (χ3n) is 15.4. The molecule has 3 N–H and O–H groups in total. The zero-order chi connectivity index (χ0) is 62.1. The molecule has 0 aliphatic carbocycles. The number of amides is 8. The highest BCUT2D eigenvalue weighted by atomic mass is 79.9. The highest BCUT2D eigenvalue weighted by Gasteiger charge is 2.42. The van der Waals surface area contributed by atoms with Crippen molar-refractivity contribution in [2.24, 2.45) is 0 Å². The van der Waals surface area contributed by atoms with Crippen molar-refractivity contribution in [3.8, 4) is 11.5 Å². The first-order valence-electron chi connectivity index (χ1n) is 27.5. The van der Waals surface area contributed by atoms with Gasteiger partial charge < -0.3 is 49.6 Å². The van der Waals surface area contributed by atoms with E-state index in [0.29, 0.717) is 45.4 Å². The van der Waals surface area contributed by atoms with Gasteiger partial charge in [-0.3, -0.25) is 38.6 Å². The minimum Gasteiger partial charge on any atom is -0.496 e. The van der Waals surface area contributed by atoms with Gasteiger partial charge in [0.15, 0.2) is 0 Å². The number of rotatable bonds is 14. The summed E-state index contributed by atoms with van der Waals surface area (Å²) in [4.78, 5) is 122. The van der Waals surface area contributed by atoms with E-state index in [-0.39, 0.29) is 30.8 Å². The minimum atomic E-state index is -1.41. The average Bonchev–Trinajstić information content (AvgIpc) is 1.79. The molecule has 9 rings (SSSR count). The molecule has 0 saturated carbocycles. The maximum absolute atomic E-state index is 15.3. The molecule has 20 nitrogen and oxygen atoms in total. The Morgan fingerprint density at radius 1 is 0.581 bits per heavy atom. The zero-order valence-corrected chi connectivity index (χ0v) is 51.9. The molecule has 86 heavy (non-hydrogen) atoms.